The van der Waals surface area contributed by atoms with Crippen molar-refractivity contribution in [2.45, 2.75) is 6.43 Å². The molecule has 2 N–H and O–H groups in total. The SMILES string of the molecule is COC(=O)c1c(Br)cc(C(F)F)nc1N. The highest BCUT2D eigenvalue weighted by Crippen LogP contribution is 2.27. The third-order valence-corrected chi connectivity index (χ3v) is 2.26. The number of carbonyl (C=O) groups is 1. The standard InChI is InChI=1S/C8H7BrF2N2O2/c1-15-8(14)5-3(9)2-4(6(10)11)13-7(5)12/h2,6H,1H3,(H2,12,13). The van der Waals surface area contributed by atoms with Gasteiger partial charge in [0, 0.05) is 4.47 Å². The second-order valence-electron chi connectivity index (χ2n) is 2.58. The Morgan fingerprint density at radius 2 is 2.27 bits per heavy atom. The number of nitrogens with zero attached hydrogens (tertiary/aromatic N) is 1. The van der Waals surface area contributed by atoms with E-state index in [-0.39, 0.29) is 15.9 Å². The summed E-state index contributed by atoms with van der Waals surface area (Å²) < 4.78 is 29.1. The zero-order valence-electron chi connectivity index (χ0n) is 7.63. The van der Waals surface area contributed by atoms with Gasteiger partial charge in [-0.25, -0.2) is 18.6 Å². The number of alkyl halides is 2. The van der Waals surface area contributed by atoms with Gasteiger partial charge in [0.05, 0.1) is 7.11 Å². The van der Waals surface area contributed by atoms with Crippen LogP contribution < -0.4 is 5.73 Å². The maximum absolute atomic E-state index is 12.3. The molecule has 82 valence electrons. The van der Waals surface area contributed by atoms with E-state index in [9.17, 15) is 13.6 Å². The second kappa shape index (κ2) is 4.52. The van der Waals surface area contributed by atoms with Crippen molar-refractivity contribution < 1.29 is 18.3 Å². The number of carbonyl (C=O) groups excluding carboxylic acids is 1. The average molecular weight is 281 g/mol. The maximum Gasteiger partial charge on any atom is 0.342 e. The number of esters is 1. The minimum Gasteiger partial charge on any atom is -0.465 e. The third-order valence-electron chi connectivity index (χ3n) is 1.63. The van der Waals surface area contributed by atoms with E-state index in [0.29, 0.717) is 0 Å². The summed E-state index contributed by atoms with van der Waals surface area (Å²) in [5.74, 6) is -1.01. The van der Waals surface area contributed by atoms with Crippen LogP contribution in [0.25, 0.3) is 0 Å². The van der Waals surface area contributed by atoms with Crippen LogP contribution in [0.4, 0.5) is 14.6 Å². The van der Waals surface area contributed by atoms with Crippen molar-refractivity contribution >= 4 is 27.7 Å². The molecule has 0 saturated carbocycles. The van der Waals surface area contributed by atoms with Crippen LogP contribution in [0.2, 0.25) is 0 Å². The van der Waals surface area contributed by atoms with Crippen LogP contribution in [0, 0.1) is 0 Å². The summed E-state index contributed by atoms with van der Waals surface area (Å²) in [4.78, 5) is 14.6. The molecule has 0 aliphatic rings. The minimum absolute atomic E-state index is 0.0538. The Hall–Kier alpha value is -1.24. The van der Waals surface area contributed by atoms with Crippen molar-refractivity contribution in [1.29, 1.82) is 0 Å². The van der Waals surface area contributed by atoms with Gasteiger partial charge in [-0.15, -0.1) is 0 Å². The first-order valence-electron chi connectivity index (χ1n) is 3.79. The monoisotopic (exact) mass is 280 g/mol. The molecule has 1 heterocycles. The lowest BCUT2D eigenvalue weighted by atomic mass is 10.2. The predicted octanol–water partition coefficient (Wildman–Crippen LogP) is 2.15. The molecule has 0 atom stereocenters. The molecule has 0 amide bonds. The lowest BCUT2D eigenvalue weighted by molar-refractivity contribution is 0.0600. The summed E-state index contributed by atoms with van der Waals surface area (Å²) in [6.07, 6.45) is -2.74. The molecule has 4 nitrogen and oxygen atoms in total. The zero-order chi connectivity index (χ0) is 11.6. The first-order valence-corrected chi connectivity index (χ1v) is 4.59. The second-order valence-corrected chi connectivity index (χ2v) is 3.44. The van der Waals surface area contributed by atoms with Gasteiger partial charge < -0.3 is 10.5 Å². The van der Waals surface area contributed by atoms with E-state index >= 15 is 0 Å². The summed E-state index contributed by atoms with van der Waals surface area (Å²) in [5.41, 5.74) is 4.81. The van der Waals surface area contributed by atoms with Gasteiger partial charge in [-0.3, -0.25) is 0 Å². The molecule has 0 aliphatic carbocycles. The number of aromatic nitrogens is 1. The molecule has 0 aromatic carbocycles. The van der Waals surface area contributed by atoms with Gasteiger partial charge in [-0.1, -0.05) is 0 Å². The van der Waals surface area contributed by atoms with Crippen LogP contribution >= 0.6 is 15.9 Å². The van der Waals surface area contributed by atoms with E-state index in [1.165, 1.54) is 0 Å². The number of nitrogen functional groups attached to an aromatic ring is 1. The summed E-state index contributed by atoms with van der Waals surface area (Å²) in [7, 11) is 1.16. The first-order chi connectivity index (χ1) is 6.97. The molecule has 1 rings (SSSR count). The summed E-state index contributed by atoms with van der Waals surface area (Å²) in [5, 5.41) is 0. The Morgan fingerprint density at radius 3 is 2.67 bits per heavy atom. The van der Waals surface area contributed by atoms with Gasteiger partial charge in [0.25, 0.3) is 6.43 Å². The lowest BCUT2D eigenvalue weighted by Crippen LogP contribution is -2.10. The number of ether oxygens (including phenoxy) is 1. The Bertz CT molecular complexity index is 375. The quantitative estimate of drug-likeness (QED) is 0.843. The lowest BCUT2D eigenvalue weighted by Gasteiger charge is -2.07. The fourth-order valence-corrected chi connectivity index (χ4v) is 1.57. The molecule has 0 saturated heterocycles. The fraction of sp³-hybridized carbons (Fsp3) is 0.250. The normalized spacial score (nSPS) is 10.5. The zero-order valence-corrected chi connectivity index (χ0v) is 9.22. The minimum atomic E-state index is -2.74. The molecule has 1 aromatic heterocycles. The van der Waals surface area contributed by atoms with Crippen LogP contribution in [0.15, 0.2) is 10.5 Å². The van der Waals surface area contributed by atoms with E-state index in [1.54, 1.807) is 0 Å². The molecule has 15 heavy (non-hydrogen) atoms. The Morgan fingerprint density at radius 1 is 1.67 bits per heavy atom. The van der Waals surface area contributed by atoms with Gasteiger partial charge in [-0.05, 0) is 22.0 Å². The number of pyridine rings is 1. The van der Waals surface area contributed by atoms with Crippen molar-refractivity contribution in [1.82, 2.24) is 4.98 Å². The van der Waals surface area contributed by atoms with E-state index < -0.39 is 18.1 Å². The molecular formula is C8H7BrF2N2O2. The average Bonchev–Trinajstić information content (AvgIpc) is 2.16. The molecule has 1 aromatic rings. The van der Waals surface area contributed by atoms with Crippen molar-refractivity contribution in [3.8, 4) is 0 Å². The Labute approximate surface area is 92.6 Å². The van der Waals surface area contributed by atoms with Crippen LogP contribution in [0.5, 0.6) is 0 Å². The number of methoxy groups -OCH3 is 1. The highest BCUT2D eigenvalue weighted by molar-refractivity contribution is 9.10. The van der Waals surface area contributed by atoms with E-state index in [4.69, 9.17) is 5.73 Å². The largest absolute Gasteiger partial charge is 0.465 e. The van der Waals surface area contributed by atoms with Gasteiger partial charge >= 0.3 is 5.97 Å². The third kappa shape index (κ3) is 2.41. The predicted molar refractivity (Wildman–Crippen MR) is 52.6 cm³/mol. The smallest absolute Gasteiger partial charge is 0.342 e. The van der Waals surface area contributed by atoms with Crippen molar-refractivity contribution in [2.75, 3.05) is 12.8 Å². The Balaban J connectivity index is 3.27. The summed E-state index contributed by atoms with van der Waals surface area (Å²) in [6.45, 7) is 0. The van der Waals surface area contributed by atoms with E-state index in [1.807, 2.05) is 0 Å². The highest BCUT2D eigenvalue weighted by Gasteiger charge is 2.19. The number of nitrogens with two attached hydrogens (primary N) is 1. The van der Waals surface area contributed by atoms with Gasteiger partial charge in [0.15, 0.2) is 0 Å². The van der Waals surface area contributed by atoms with Crippen LogP contribution in [0.3, 0.4) is 0 Å². The number of hydrogen-bond acceptors (Lipinski definition) is 4. The molecule has 7 heteroatoms. The van der Waals surface area contributed by atoms with Crippen LogP contribution in [-0.4, -0.2) is 18.1 Å². The molecular weight excluding hydrogens is 274 g/mol. The van der Waals surface area contributed by atoms with Crippen molar-refractivity contribution in [3.63, 3.8) is 0 Å². The fourth-order valence-electron chi connectivity index (χ4n) is 0.968. The van der Waals surface area contributed by atoms with Gasteiger partial charge in [-0.2, -0.15) is 0 Å². The number of anilines is 1. The first kappa shape index (κ1) is 11.8. The molecule has 0 radical (unpaired) electrons. The summed E-state index contributed by atoms with van der Waals surface area (Å²) in [6, 6.07) is 1.03. The topological polar surface area (TPSA) is 65.2 Å². The highest BCUT2D eigenvalue weighted by atomic mass is 79.9. The molecule has 0 spiro atoms. The maximum atomic E-state index is 12.3. The number of halogens is 3. The molecule has 0 bridgehead atoms. The van der Waals surface area contributed by atoms with Crippen molar-refractivity contribution in [3.05, 3.63) is 21.8 Å². The van der Waals surface area contributed by atoms with E-state index in [0.717, 1.165) is 13.2 Å². The number of rotatable bonds is 2. The van der Waals surface area contributed by atoms with Gasteiger partial charge in [0.1, 0.15) is 17.1 Å². The molecule has 0 aliphatic heterocycles. The van der Waals surface area contributed by atoms with Crippen LogP contribution in [0.1, 0.15) is 22.5 Å². The van der Waals surface area contributed by atoms with E-state index in [2.05, 4.69) is 25.7 Å². The van der Waals surface area contributed by atoms with Gasteiger partial charge in [0.2, 0.25) is 0 Å². The number of hydrogen-bond donors (Lipinski definition) is 1. The molecule has 0 fully saturated rings. The van der Waals surface area contributed by atoms with Crippen molar-refractivity contribution in [2.24, 2.45) is 0 Å². The summed E-state index contributed by atoms with van der Waals surface area (Å²) >= 11 is 2.95. The van der Waals surface area contributed by atoms with Crippen LogP contribution in [-0.2, 0) is 4.74 Å². The molecule has 0 unspecified atom stereocenters. The Kier molecular flexibility index (Phi) is 3.57.